The van der Waals surface area contributed by atoms with Crippen LogP contribution in [-0.2, 0) is 74.6 Å². The SMILES string of the molecule is CC[C@@]1(O)C(=O)OCc2c1cc1n(c2=O)Cc2c-1nc1cc(F)c(C)c3c1c2[C@@H](NC(=O)CCCCCC(=O)CNC(=O)[C@@H](CC(=O)CNC(=O)CCC(=O)OC(C)(C)C)Cc1ccccc1)CC3. The van der Waals surface area contributed by atoms with Gasteiger partial charge in [0.15, 0.2) is 17.2 Å². The summed E-state index contributed by atoms with van der Waals surface area (Å²) in [5.41, 5.74) is 1.96. The molecule has 2 aromatic heterocycles. The Balaban J connectivity index is 0.921. The molecule has 7 rings (SSSR count). The molecular formula is C52H60FN5O11. The van der Waals surface area contributed by atoms with Crippen LogP contribution >= 0.6 is 0 Å². The molecule has 0 saturated heterocycles. The van der Waals surface area contributed by atoms with Crippen molar-refractivity contribution >= 4 is 52.1 Å². The highest BCUT2D eigenvalue weighted by Gasteiger charge is 2.46. The highest BCUT2D eigenvalue weighted by Crippen LogP contribution is 2.46. The molecule has 0 radical (unpaired) electrons. The van der Waals surface area contributed by atoms with Gasteiger partial charge >= 0.3 is 11.9 Å². The smallest absolute Gasteiger partial charge is 0.343 e. The molecule has 3 amide bonds. The van der Waals surface area contributed by atoms with Gasteiger partial charge in [0.2, 0.25) is 17.7 Å². The van der Waals surface area contributed by atoms with Crippen molar-refractivity contribution in [1.82, 2.24) is 25.5 Å². The molecule has 16 nitrogen and oxygen atoms in total. The van der Waals surface area contributed by atoms with Crippen molar-refractivity contribution in [1.29, 1.82) is 0 Å². The Morgan fingerprint density at radius 1 is 0.928 bits per heavy atom. The highest BCUT2D eigenvalue weighted by molar-refractivity contribution is 5.95. The molecule has 2 aliphatic heterocycles. The fourth-order valence-corrected chi connectivity index (χ4v) is 9.57. The number of aliphatic hydroxyl groups is 1. The number of amides is 3. The van der Waals surface area contributed by atoms with Crippen molar-refractivity contribution in [2.75, 3.05) is 13.1 Å². The number of cyclic esters (lactones) is 1. The first-order valence-electron chi connectivity index (χ1n) is 23.7. The molecule has 0 unspecified atom stereocenters. The summed E-state index contributed by atoms with van der Waals surface area (Å²) in [5.74, 6) is -4.37. The molecular weight excluding hydrogens is 890 g/mol. The lowest BCUT2D eigenvalue weighted by molar-refractivity contribution is -0.172. The van der Waals surface area contributed by atoms with Crippen LogP contribution in [0.25, 0.3) is 22.3 Å². The first kappa shape index (κ1) is 50.3. The number of aromatic nitrogens is 2. The fourth-order valence-electron chi connectivity index (χ4n) is 9.57. The summed E-state index contributed by atoms with van der Waals surface area (Å²) in [6.07, 6.45) is 2.56. The Labute approximate surface area is 399 Å². The zero-order valence-electron chi connectivity index (χ0n) is 39.8. The molecule has 4 aromatic rings. The number of unbranched alkanes of at least 4 members (excludes halogenated alkanes) is 2. The van der Waals surface area contributed by atoms with Crippen molar-refractivity contribution in [3.8, 4) is 11.4 Å². The number of carbonyl (C=O) groups excluding carboxylic acids is 7. The van der Waals surface area contributed by atoms with Gasteiger partial charge in [-0.05, 0) is 94.5 Å². The number of aryl methyl sites for hydroxylation is 1. The van der Waals surface area contributed by atoms with Crippen LogP contribution in [0.1, 0.15) is 137 Å². The van der Waals surface area contributed by atoms with Crippen molar-refractivity contribution in [3.63, 3.8) is 0 Å². The Hall–Kier alpha value is -6.62. The highest BCUT2D eigenvalue weighted by atomic mass is 19.1. The first-order valence-corrected chi connectivity index (χ1v) is 23.7. The second-order valence-corrected chi connectivity index (χ2v) is 19.3. The van der Waals surface area contributed by atoms with E-state index in [-0.39, 0.29) is 99.8 Å². The summed E-state index contributed by atoms with van der Waals surface area (Å²) in [7, 11) is 0. The number of rotatable bonds is 20. The summed E-state index contributed by atoms with van der Waals surface area (Å²) >= 11 is 0. The number of carbonyl (C=O) groups is 7. The molecule has 3 atom stereocenters. The predicted octanol–water partition coefficient (Wildman–Crippen LogP) is 5.32. The number of fused-ring (bicyclic) bond motifs is 5. The second-order valence-electron chi connectivity index (χ2n) is 19.3. The van der Waals surface area contributed by atoms with Crippen LogP contribution < -0.4 is 21.5 Å². The Bertz CT molecular complexity index is 2780. The maximum absolute atomic E-state index is 15.4. The van der Waals surface area contributed by atoms with Gasteiger partial charge < -0.3 is 35.1 Å². The molecule has 2 aromatic carbocycles. The number of nitrogens with zero attached hydrogens (tertiary/aromatic N) is 2. The van der Waals surface area contributed by atoms with E-state index < -0.39 is 58.3 Å². The van der Waals surface area contributed by atoms with Gasteiger partial charge in [-0.1, -0.05) is 43.7 Å². The van der Waals surface area contributed by atoms with E-state index in [0.29, 0.717) is 60.1 Å². The van der Waals surface area contributed by atoms with Gasteiger partial charge in [0.25, 0.3) is 5.56 Å². The minimum atomic E-state index is -2.01. The molecule has 17 heteroatoms. The first-order chi connectivity index (χ1) is 32.8. The van der Waals surface area contributed by atoms with E-state index in [0.717, 1.165) is 22.1 Å². The summed E-state index contributed by atoms with van der Waals surface area (Å²) < 4.78 is 27.3. The molecule has 0 saturated carbocycles. The van der Waals surface area contributed by atoms with Crippen LogP contribution in [-0.4, -0.2) is 74.6 Å². The molecule has 366 valence electrons. The third-order valence-electron chi connectivity index (χ3n) is 13.2. The zero-order valence-corrected chi connectivity index (χ0v) is 39.8. The minimum Gasteiger partial charge on any atom is -0.460 e. The molecule has 0 bridgehead atoms. The van der Waals surface area contributed by atoms with E-state index in [1.54, 1.807) is 40.7 Å². The average Bonchev–Trinajstić information content (AvgIpc) is 3.68. The number of esters is 2. The van der Waals surface area contributed by atoms with Gasteiger partial charge in [-0.3, -0.25) is 33.6 Å². The maximum Gasteiger partial charge on any atom is 0.343 e. The predicted molar refractivity (Wildman–Crippen MR) is 251 cm³/mol. The van der Waals surface area contributed by atoms with E-state index >= 15 is 4.39 Å². The van der Waals surface area contributed by atoms with Gasteiger partial charge in [-0.15, -0.1) is 0 Å². The molecule has 69 heavy (non-hydrogen) atoms. The minimum absolute atomic E-state index is 0.0177. The van der Waals surface area contributed by atoms with Crippen LogP contribution in [0.2, 0.25) is 0 Å². The van der Waals surface area contributed by atoms with E-state index in [1.807, 2.05) is 30.3 Å². The third-order valence-corrected chi connectivity index (χ3v) is 13.2. The summed E-state index contributed by atoms with van der Waals surface area (Å²) in [4.78, 5) is 109. The van der Waals surface area contributed by atoms with Crippen LogP contribution in [0.15, 0.2) is 47.3 Å². The number of benzene rings is 2. The Morgan fingerprint density at radius 3 is 2.38 bits per heavy atom. The lowest BCUT2D eigenvalue weighted by Gasteiger charge is -2.31. The Morgan fingerprint density at radius 2 is 1.65 bits per heavy atom. The van der Waals surface area contributed by atoms with Gasteiger partial charge in [-0.25, -0.2) is 14.2 Å². The Kier molecular flexibility index (Phi) is 15.3. The standard InChI is InChI=1S/C52H60FN5O11/c1-6-52(67)37-23-41-47-35(27-58(41)49(65)36(37)28-68-50(52)66)46-39(18-17-34-29(2)38(53)24-40(57-47)45(34)46)56-43(62)16-12-8-11-15-32(59)25-55-48(64)31(21-30-13-9-7-10-14-30)22-33(60)26-54-42(61)19-20-44(63)69-51(3,4)5/h7,9-10,13-14,23-24,31,39,67H,6,8,11-12,15-22,25-28H2,1-5H3,(H,54,61)(H,55,64)(H,56,62)/t31-,39+,52+/m1/s1. The number of nitrogens with one attached hydrogen (secondary N) is 3. The van der Waals surface area contributed by atoms with E-state index in [1.165, 1.54) is 10.6 Å². The molecule has 0 fully saturated rings. The number of ketones is 2. The van der Waals surface area contributed by atoms with Crippen molar-refractivity contribution in [2.45, 2.75) is 142 Å². The topological polar surface area (TPSA) is 229 Å². The van der Waals surface area contributed by atoms with E-state index in [2.05, 4.69) is 16.0 Å². The van der Waals surface area contributed by atoms with Gasteiger partial charge in [0.1, 0.15) is 18.0 Å². The lowest BCUT2D eigenvalue weighted by atomic mass is 9.81. The third kappa shape index (κ3) is 11.3. The summed E-state index contributed by atoms with van der Waals surface area (Å²) in [6.45, 7) is 7.79. The average molecular weight is 950 g/mol. The normalized spacial score (nSPS) is 17.2. The van der Waals surface area contributed by atoms with Crippen molar-refractivity contribution in [3.05, 3.63) is 97.6 Å². The van der Waals surface area contributed by atoms with E-state index in [9.17, 15) is 43.5 Å². The number of hydrogen-bond donors (Lipinski definition) is 4. The largest absolute Gasteiger partial charge is 0.460 e. The fraction of sp³-hybridized carbons (Fsp3) is 0.481. The second kappa shape index (κ2) is 20.9. The van der Waals surface area contributed by atoms with Gasteiger partial charge in [0, 0.05) is 54.2 Å². The molecule has 3 aliphatic rings. The van der Waals surface area contributed by atoms with Crippen LogP contribution in [0.5, 0.6) is 0 Å². The number of pyridine rings is 2. The lowest BCUT2D eigenvalue weighted by Crippen LogP contribution is -2.44. The van der Waals surface area contributed by atoms with Crippen molar-refractivity contribution in [2.24, 2.45) is 5.92 Å². The maximum atomic E-state index is 15.4. The summed E-state index contributed by atoms with van der Waals surface area (Å²) in [5, 5.41) is 20.5. The van der Waals surface area contributed by atoms with Crippen LogP contribution in [0, 0.1) is 18.7 Å². The monoisotopic (exact) mass is 949 g/mol. The molecule has 4 N–H and O–H groups in total. The number of hydrogen-bond acceptors (Lipinski definition) is 12. The summed E-state index contributed by atoms with van der Waals surface area (Å²) in [6, 6.07) is 11.6. The number of Topliss-reactive ketones (excluding diaryl/α,β-unsaturated/α-hetero) is 2. The van der Waals surface area contributed by atoms with Crippen LogP contribution in [0.3, 0.4) is 0 Å². The number of ether oxygens (including phenoxy) is 2. The van der Waals surface area contributed by atoms with Gasteiger partial charge in [0.05, 0.1) is 54.6 Å². The molecule has 0 spiro atoms. The van der Waals surface area contributed by atoms with Crippen LogP contribution in [0.4, 0.5) is 4.39 Å². The van der Waals surface area contributed by atoms with Gasteiger partial charge in [-0.2, -0.15) is 0 Å². The molecule has 4 heterocycles. The quantitative estimate of drug-likeness (QED) is 0.0574. The molecule has 1 aliphatic carbocycles. The number of halogens is 1. The zero-order chi connectivity index (χ0) is 49.8. The van der Waals surface area contributed by atoms with Crippen molar-refractivity contribution < 1.29 is 52.5 Å². The van der Waals surface area contributed by atoms with E-state index in [4.69, 9.17) is 14.5 Å².